The molecule has 1 saturated carbocycles. The zero-order chi connectivity index (χ0) is 12.5. The van der Waals surface area contributed by atoms with Crippen molar-refractivity contribution in [2.75, 3.05) is 11.9 Å². The van der Waals surface area contributed by atoms with E-state index in [0.29, 0.717) is 0 Å². The van der Waals surface area contributed by atoms with Crippen molar-refractivity contribution in [1.29, 1.82) is 0 Å². The first-order valence-electron chi connectivity index (χ1n) is 6.90. The Kier molecular flexibility index (Phi) is 3.22. The maximum atomic E-state index is 6.03. The molecular weight excluding hydrogens is 226 g/mol. The number of nitrogens with zero attached hydrogens (tertiary/aromatic N) is 1. The minimum Gasteiger partial charge on any atom is -0.376 e. The highest BCUT2D eigenvalue weighted by molar-refractivity contribution is 5.42. The van der Waals surface area contributed by atoms with Crippen LogP contribution in [0.1, 0.15) is 31.0 Å². The molecule has 3 rings (SSSR count). The molecule has 4 heteroatoms. The minimum atomic E-state index is 0.177. The molecule has 2 aliphatic carbocycles. The Morgan fingerprint density at radius 1 is 1.44 bits per heavy atom. The highest BCUT2D eigenvalue weighted by Crippen LogP contribution is 2.27. The summed E-state index contributed by atoms with van der Waals surface area (Å²) in [4.78, 5) is 4.68. The van der Waals surface area contributed by atoms with Gasteiger partial charge in [0, 0.05) is 18.3 Å². The SMILES string of the molecule is CCOC1CC(N)C1Nc1ccc2c(n1)CCC2. The monoisotopic (exact) mass is 247 g/mol. The van der Waals surface area contributed by atoms with Crippen LogP contribution in [-0.2, 0) is 17.6 Å². The molecule has 4 nitrogen and oxygen atoms in total. The molecule has 1 aromatic heterocycles. The van der Waals surface area contributed by atoms with Gasteiger partial charge in [0.15, 0.2) is 0 Å². The molecule has 0 radical (unpaired) electrons. The number of pyridine rings is 1. The highest BCUT2D eigenvalue weighted by atomic mass is 16.5. The van der Waals surface area contributed by atoms with Crippen molar-refractivity contribution in [2.45, 2.75) is 50.8 Å². The molecule has 0 aromatic carbocycles. The van der Waals surface area contributed by atoms with E-state index in [1.54, 1.807) is 0 Å². The molecule has 18 heavy (non-hydrogen) atoms. The van der Waals surface area contributed by atoms with Crippen molar-refractivity contribution in [3.8, 4) is 0 Å². The van der Waals surface area contributed by atoms with E-state index in [-0.39, 0.29) is 18.2 Å². The van der Waals surface area contributed by atoms with Gasteiger partial charge >= 0.3 is 0 Å². The van der Waals surface area contributed by atoms with Crippen LogP contribution < -0.4 is 11.1 Å². The van der Waals surface area contributed by atoms with E-state index < -0.39 is 0 Å². The summed E-state index contributed by atoms with van der Waals surface area (Å²) in [6.07, 6.45) is 4.69. The van der Waals surface area contributed by atoms with E-state index in [2.05, 4.69) is 22.4 Å². The second kappa shape index (κ2) is 4.86. The zero-order valence-corrected chi connectivity index (χ0v) is 10.9. The van der Waals surface area contributed by atoms with E-state index in [1.807, 2.05) is 6.92 Å². The van der Waals surface area contributed by atoms with Crippen molar-refractivity contribution in [3.05, 3.63) is 23.4 Å². The van der Waals surface area contributed by atoms with Gasteiger partial charge in [-0.1, -0.05) is 6.07 Å². The lowest BCUT2D eigenvalue weighted by Gasteiger charge is -2.42. The van der Waals surface area contributed by atoms with Gasteiger partial charge in [-0.05, 0) is 44.2 Å². The topological polar surface area (TPSA) is 60.2 Å². The fourth-order valence-electron chi connectivity index (χ4n) is 2.90. The van der Waals surface area contributed by atoms with Crippen LogP contribution in [0.3, 0.4) is 0 Å². The predicted molar refractivity (Wildman–Crippen MR) is 71.7 cm³/mol. The van der Waals surface area contributed by atoms with Crippen LogP contribution in [-0.4, -0.2) is 29.8 Å². The molecule has 1 fully saturated rings. The average molecular weight is 247 g/mol. The molecular formula is C14H21N3O. The zero-order valence-electron chi connectivity index (χ0n) is 10.9. The maximum Gasteiger partial charge on any atom is 0.126 e. The first-order chi connectivity index (χ1) is 8.78. The van der Waals surface area contributed by atoms with Gasteiger partial charge in [-0.25, -0.2) is 4.98 Å². The molecule has 2 aliphatic rings. The Hall–Kier alpha value is -1.13. The third-order valence-corrected chi connectivity index (χ3v) is 3.99. The van der Waals surface area contributed by atoms with Crippen LogP contribution in [0, 0.1) is 0 Å². The smallest absolute Gasteiger partial charge is 0.126 e. The summed E-state index contributed by atoms with van der Waals surface area (Å²) in [5.74, 6) is 0.945. The van der Waals surface area contributed by atoms with Crippen molar-refractivity contribution in [2.24, 2.45) is 5.73 Å². The Bertz CT molecular complexity index is 433. The summed E-state index contributed by atoms with van der Waals surface area (Å²) < 4.78 is 5.66. The second-order valence-corrected chi connectivity index (χ2v) is 5.22. The van der Waals surface area contributed by atoms with Gasteiger partial charge in [-0.2, -0.15) is 0 Å². The van der Waals surface area contributed by atoms with Crippen molar-refractivity contribution >= 4 is 5.82 Å². The van der Waals surface area contributed by atoms with Gasteiger partial charge in [0.1, 0.15) is 5.82 Å². The van der Waals surface area contributed by atoms with Gasteiger partial charge < -0.3 is 15.8 Å². The largest absolute Gasteiger partial charge is 0.376 e. The van der Waals surface area contributed by atoms with E-state index in [0.717, 1.165) is 25.3 Å². The van der Waals surface area contributed by atoms with Gasteiger partial charge in [-0.15, -0.1) is 0 Å². The number of aryl methyl sites for hydroxylation is 2. The first-order valence-corrected chi connectivity index (χ1v) is 6.90. The van der Waals surface area contributed by atoms with E-state index >= 15 is 0 Å². The van der Waals surface area contributed by atoms with Gasteiger partial charge in [0.2, 0.25) is 0 Å². The van der Waals surface area contributed by atoms with Gasteiger partial charge in [-0.3, -0.25) is 0 Å². The number of hydrogen-bond acceptors (Lipinski definition) is 4. The molecule has 3 atom stereocenters. The molecule has 1 heterocycles. The normalized spacial score (nSPS) is 29.8. The Balaban J connectivity index is 1.68. The van der Waals surface area contributed by atoms with Crippen molar-refractivity contribution < 1.29 is 4.74 Å². The summed E-state index contributed by atoms with van der Waals surface area (Å²) >= 11 is 0. The summed E-state index contributed by atoms with van der Waals surface area (Å²) in [5, 5.41) is 3.43. The number of anilines is 1. The molecule has 3 unspecified atom stereocenters. The Labute approximate surface area is 108 Å². The molecule has 98 valence electrons. The van der Waals surface area contributed by atoms with E-state index in [9.17, 15) is 0 Å². The standard InChI is InChI=1S/C14H21N3O/c1-2-18-12-8-10(15)14(12)17-13-7-6-9-4-3-5-11(9)16-13/h6-7,10,12,14H,2-5,8,15H2,1H3,(H,16,17). The predicted octanol–water partition coefficient (Wildman–Crippen LogP) is 1.49. The summed E-state index contributed by atoms with van der Waals surface area (Å²) in [7, 11) is 0. The van der Waals surface area contributed by atoms with E-state index in [1.165, 1.54) is 24.1 Å². The van der Waals surface area contributed by atoms with E-state index in [4.69, 9.17) is 10.5 Å². The lowest BCUT2D eigenvalue weighted by molar-refractivity contribution is -0.0127. The van der Waals surface area contributed by atoms with Crippen LogP contribution in [0.25, 0.3) is 0 Å². The third-order valence-electron chi connectivity index (χ3n) is 3.99. The lowest BCUT2D eigenvalue weighted by atomic mass is 9.83. The van der Waals surface area contributed by atoms with Crippen LogP contribution in [0.2, 0.25) is 0 Å². The lowest BCUT2D eigenvalue weighted by Crippen LogP contribution is -2.60. The van der Waals surface area contributed by atoms with Crippen LogP contribution in [0.4, 0.5) is 5.82 Å². The summed E-state index contributed by atoms with van der Waals surface area (Å²) in [6.45, 7) is 2.77. The molecule has 1 aromatic rings. The number of fused-ring (bicyclic) bond motifs is 1. The van der Waals surface area contributed by atoms with Crippen molar-refractivity contribution in [1.82, 2.24) is 4.98 Å². The molecule has 0 amide bonds. The van der Waals surface area contributed by atoms with Crippen molar-refractivity contribution in [3.63, 3.8) is 0 Å². The molecule has 0 aliphatic heterocycles. The second-order valence-electron chi connectivity index (χ2n) is 5.22. The summed E-state index contributed by atoms with van der Waals surface area (Å²) in [5.41, 5.74) is 8.69. The number of ether oxygens (including phenoxy) is 1. The molecule has 0 spiro atoms. The number of hydrogen-bond donors (Lipinski definition) is 2. The number of aromatic nitrogens is 1. The summed E-state index contributed by atoms with van der Waals surface area (Å²) in [6, 6.07) is 4.64. The molecule has 3 N–H and O–H groups in total. The number of rotatable bonds is 4. The Morgan fingerprint density at radius 2 is 2.33 bits per heavy atom. The van der Waals surface area contributed by atoms with Crippen LogP contribution >= 0.6 is 0 Å². The average Bonchev–Trinajstić information content (AvgIpc) is 2.83. The first kappa shape index (κ1) is 11.9. The van der Waals surface area contributed by atoms with Crippen LogP contribution in [0.15, 0.2) is 12.1 Å². The number of nitrogens with two attached hydrogens (primary N) is 1. The van der Waals surface area contributed by atoms with Gasteiger partial charge in [0.25, 0.3) is 0 Å². The maximum absolute atomic E-state index is 6.03. The number of nitrogens with one attached hydrogen (secondary N) is 1. The minimum absolute atomic E-state index is 0.177. The molecule has 0 bridgehead atoms. The molecule has 0 saturated heterocycles. The fraction of sp³-hybridized carbons (Fsp3) is 0.643. The Morgan fingerprint density at radius 3 is 3.11 bits per heavy atom. The fourth-order valence-corrected chi connectivity index (χ4v) is 2.90. The van der Waals surface area contributed by atoms with Crippen LogP contribution in [0.5, 0.6) is 0 Å². The third kappa shape index (κ3) is 2.10. The van der Waals surface area contributed by atoms with Gasteiger partial charge in [0.05, 0.1) is 12.1 Å². The highest BCUT2D eigenvalue weighted by Gasteiger charge is 2.39. The quantitative estimate of drug-likeness (QED) is 0.846.